The maximum absolute atomic E-state index is 13.7. The van der Waals surface area contributed by atoms with Gasteiger partial charge in [-0.2, -0.15) is 0 Å². The lowest BCUT2D eigenvalue weighted by Gasteiger charge is -2.39. The molecule has 3 aliphatic heterocycles. The second kappa shape index (κ2) is 11.3. The summed E-state index contributed by atoms with van der Waals surface area (Å²) in [6, 6.07) is 17.7. The summed E-state index contributed by atoms with van der Waals surface area (Å²) in [5.74, 6) is 0.00802. The summed E-state index contributed by atoms with van der Waals surface area (Å²) in [6.07, 6.45) is 4.59. The van der Waals surface area contributed by atoms with E-state index >= 15 is 0 Å². The van der Waals surface area contributed by atoms with Crippen molar-refractivity contribution in [2.24, 2.45) is 5.92 Å². The second-order valence-corrected chi connectivity index (χ2v) is 11.5. The summed E-state index contributed by atoms with van der Waals surface area (Å²) < 4.78 is 0. The zero-order chi connectivity index (χ0) is 26.7. The third-order valence-electron chi connectivity index (χ3n) is 8.58. The molecule has 7 heteroatoms. The highest BCUT2D eigenvalue weighted by atomic mass is 16.2. The SMILES string of the molecule is CC1(C)C(=O)N(C2CCN(C(=O)[C@@H](CCc3ccccc3)NC(=O)[C@H]3CCCNC3)CC2)c2ccccc21. The molecule has 2 saturated heterocycles. The molecule has 0 aliphatic carbocycles. The van der Waals surface area contributed by atoms with Gasteiger partial charge in [-0.25, -0.2) is 0 Å². The first-order valence-corrected chi connectivity index (χ1v) is 14.1. The predicted octanol–water partition coefficient (Wildman–Crippen LogP) is 3.42. The van der Waals surface area contributed by atoms with Crippen molar-refractivity contribution in [1.82, 2.24) is 15.5 Å². The molecule has 0 saturated carbocycles. The molecule has 2 N–H and O–H groups in total. The van der Waals surface area contributed by atoms with E-state index < -0.39 is 11.5 Å². The predicted molar refractivity (Wildman–Crippen MR) is 149 cm³/mol. The molecule has 2 aromatic carbocycles. The fraction of sp³-hybridized carbons (Fsp3) is 0.516. The number of rotatable bonds is 7. The highest BCUT2D eigenvalue weighted by molar-refractivity contribution is 6.08. The topological polar surface area (TPSA) is 81.8 Å². The van der Waals surface area contributed by atoms with Gasteiger partial charge >= 0.3 is 0 Å². The molecular weight excluding hydrogens is 476 g/mol. The molecule has 38 heavy (non-hydrogen) atoms. The highest BCUT2D eigenvalue weighted by Crippen LogP contribution is 2.43. The normalized spacial score (nSPS) is 22.2. The van der Waals surface area contributed by atoms with Gasteiger partial charge in [0.25, 0.3) is 0 Å². The largest absolute Gasteiger partial charge is 0.344 e. The van der Waals surface area contributed by atoms with E-state index in [1.165, 1.54) is 0 Å². The first-order chi connectivity index (χ1) is 18.4. The lowest BCUT2D eigenvalue weighted by atomic mass is 9.86. The van der Waals surface area contributed by atoms with Crippen molar-refractivity contribution in [3.8, 4) is 0 Å². The number of fused-ring (bicyclic) bond motifs is 1. The molecule has 3 aliphatic rings. The van der Waals surface area contributed by atoms with Crippen LogP contribution in [0.15, 0.2) is 54.6 Å². The number of nitrogens with one attached hydrogen (secondary N) is 2. The molecule has 3 heterocycles. The summed E-state index contributed by atoms with van der Waals surface area (Å²) in [5.41, 5.74) is 2.70. The maximum atomic E-state index is 13.7. The number of amides is 3. The number of para-hydroxylation sites is 1. The van der Waals surface area contributed by atoms with E-state index in [1.54, 1.807) is 0 Å². The van der Waals surface area contributed by atoms with Crippen molar-refractivity contribution in [3.05, 3.63) is 65.7 Å². The molecule has 2 fully saturated rings. The molecule has 0 bridgehead atoms. The molecule has 0 unspecified atom stereocenters. The van der Waals surface area contributed by atoms with Gasteiger partial charge in [-0.1, -0.05) is 48.5 Å². The van der Waals surface area contributed by atoms with Gasteiger partial charge in [-0.05, 0) is 76.1 Å². The average molecular weight is 517 g/mol. The number of likely N-dealkylation sites (tertiary alicyclic amines) is 1. The van der Waals surface area contributed by atoms with Crippen LogP contribution in [-0.2, 0) is 26.2 Å². The Morgan fingerprint density at radius 3 is 2.45 bits per heavy atom. The van der Waals surface area contributed by atoms with E-state index in [0.717, 1.165) is 55.5 Å². The summed E-state index contributed by atoms with van der Waals surface area (Å²) >= 11 is 0. The van der Waals surface area contributed by atoms with Crippen LogP contribution in [-0.4, -0.2) is 60.9 Å². The summed E-state index contributed by atoms with van der Waals surface area (Å²) in [5, 5.41) is 6.42. The van der Waals surface area contributed by atoms with Gasteiger partial charge in [0.15, 0.2) is 0 Å². The van der Waals surface area contributed by atoms with Crippen molar-refractivity contribution in [1.29, 1.82) is 0 Å². The number of benzene rings is 2. The molecule has 3 amide bonds. The zero-order valence-corrected chi connectivity index (χ0v) is 22.6. The van der Waals surface area contributed by atoms with Crippen molar-refractivity contribution in [3.63, 3.8) is 0 Å². The van der Waals surface area contributed by atoms with Crippen LogP contribution in [0.25, 0.3) is 0 Å². The Morgan fingerprint density at radius 2 is 1.74 bits per heavy atom. The van der Waals surface area contributed by atoms with Crippen molar-refractivity contribution in [2.75, 3.05) is 31.1 Å². The van der Waals surface area contributed by atoms with E-state index in [0.29, 0.717) is 26.1 Å². The summed E-state index contributed by atoms with van der Waals surface area (Å²) in [7, 11) is 0. The molecule has 202 valence electrons. The first-order valence-electron chi connectivity index (χ1n) is 14.1. The minimum absolute atomic E-state index is 0.00928. The van der Waals surface area contributed by atoms with Crippen LogP contribution >= 0.6 is 0 Å². The number of carbonyl (C=O) groups excluding carboxylic acids is 3. The monoisotopic (exact) mass is 516 g/mol. The van der Waals surface area contributed by atoms with Crippen molar-refractivity contribution < 1.29 is 14.4 Å². The smallest absolute Gasteiger partial charge is 0.245 e. The Balaban J connectivity index is 1.25. The number of piperidine rings is 2. The molecule has 7 nitrogen and oxygen atoms in total. The second-order valence-electron chi connectivity index (χ2n) is 11.5. The van der Waals surface area contributed by atoms with Crippen LogP contribution in [0, 0.1) is 5.92 Å². The summed E-state index contributed by atoms with van der Waals surface area (Å²) in [6.45, 7) is 6.76. The fourth-order valence-electron chi connectivity index (χ4n) is 6.24. The van der Waals surface area contributed by atoms with E-state index in [2.05, 4.69) is 22.8 Å². The third kappa shape index (κ3) is 5.35. The van der Waals surface area contributed by atoms with Gasteiger partial charge in [-0.3, -0.25) is 14.4 Å². The Bertz CT molecular complexity index is 1150. The van der Waals surface area contributed by atoms with E-state index in [9.17, 15) is 14.4 Å². The number of hydrogen-bond acceptors (Lipinski definition) is 4. The van der Waals surface area contributed by atoms with Crippen LogP contribution in [0.4, 0.5) is 5.69 Å². The van der Waals surface area contributed by atoms with Gasteiger partial charge in [0.2, 0.25) is 17.7 Å². The minimum Gasteiger partial charge on any atom is -0.344 e. The van der Waals surface area contributed by atoms with Gasteiger partial charge in [0.1, 0.15) is 6.04 Å². The summed E-state index contributed by atoms with van der Waals surface area (Å²) in [4.78, 5) is 44.1. The Morgan fingerprint density at radius 1 is 1.03 bits per heavy atom. The molecule has 0 radical (unpaired) electrons. The molecule has 5 rings (SSSR count). The maximum Gasteiger partial charge on any atom is 0.245 e. The van der Waals surface area contributed by atoms with Crippen LogP contribution in [0.2, 0.25) is 0 Å². The molecular formula is C31H40N4O3. The first kappa shape index (κ1) is 26.4. The third-order valence-corrected chi connectivity index (χ3v) is 8.58. The van der Waals surface area contributed by atoms with Crippen molar-refractivity contribution >= 4 is 23.4 Å². The molecule has 2 atom stereocenters. The van der Waals surface area contributed by atoms with Gasteiger partial charge in [0.05, 0.1) is 11.3 Å². The average Bonchev–Trinajstić information content (AvgIpc) is 3.16. The quantitative estimate of drug-likeness (QED) is 0.591. The van der Waals surface area contributed by atoms with Gasteiger partial charge in [-0.15, -0.1) is 0 Å². The minimum atomic E-state index is -0.547. The highest BCUT2D eigenvalue weighted by Gasteiger charge is 2.47. The van der Waals surface area contributed by atoms with Gasteiger partial charge < -0.3 is 20.4 Å². The molecule has 0 spiro atoms. The van der Waals surface area contributed by atoms with Gasteiger partial charge in [0, 0.05) is 31.4 Å². The zero-order valence-electron chi connectivity index (χ0n) is 22.6. The number of hydrogen-bond donors (Lipinski definition) is 2. The van der Waals surface area contributed by atoms with E-state index in [1.807, 2.05) is 66.1 Å². The lowest BCUT2D eigenvalue weighted by molar-refractivity contribution is -0.138. The van der Waals surface area contributed by atoms with E-state index in [4.69, 9.17) is 0 Å². The number of nitrogens with zero attached hydrogens (tertiary/aromatic N) is 2. The molecule has 0 aromatic heterocycles. The Kier molecular flexibility index (Phi) is 7.84. The van der Waals surface area contributed by atoms with Crippen LogP contribution < -0.4 is 15.5 Å². The lowest BCUT2D eigenvalue weighted by Crippen LogP contribution is -2.55. The standard InChI is InChI=1S/C31H40N4O3/c1-31(2)25-12-6-7-13-27(25)35(30(31)38)24-16-19-34(20-17-24)29(37)26(15-14-22-9-4-3-5-10-22)33-28(36)23-11-8-18-32-21-23/h3-7,9-10,12-13,23-24,26,32H,8,11,14-21H2,1-2H3,(H,33,36)/t23-,26+/m0/s1. The van der Waals surface area contributed by atoms with Crippen LogP contribution in [0.1, 0.15) is 57.1 Å². The number of carbonyl (C=O) groups is 3. The van der Waals surface area contributed by atoms with E-state index in [-0.39, 0.29) is 29.7 Å². The fourth-order valence-corrected chi connectivity index (χ4v) is 6.24. The number of aryl methyl sites for hydroxylation is 1. The van der Waals surface area contributed by atoms with Crippen molar-refractivity contribution in [2.45, 2.75) is 69.9 Å². The Hall–Kier alpha value is -3.19. The number of anilines is 1. The molecule has 2 aromatic rings. The Labute approximate surface area is 226 Å². The van der Waals surface area contributed by atoms with Crippen LogP contribution in [0.3, 0.4) is 0 Å². The van der Waals surface area contributed by atoms with Crippen LogP contribution in [0.5, 0.6) is 0 Å².